The van der Waals surface area contributed by atoms with E-state index in [9.17, 15) is 19.8 Å². The first-order valence-electron chi connectivity index (χ1n) is 16.7. The molecule has 1 aliphatic heterocycles. The average Bonchev–Trinajstić information content (AvgIpc) is 3.06. The number of phenols is 1. The lowest BCUT2D eigenvalue weighted by molar-refractivity contribution is -0.105. The summed E-state index contributed by atoms with van der Waals surface area (Å²) in [6, 6.07) is 22.6. The van der Waals surface area contributed by atoms with Gasteiger partial charge in [-0.05, 0) is 75.0 Å². The number of phenolic OH excluding ortho intramolecular Hbond substituents is 1. The number of carbonyl (C=O) groups excluding carboxylic acids is 2. The van der Waals surface area contributed by atoms with Crippen molar-refractivity contribution in [2.45, 2.75) is 76.4 Å². The number of amides is 2. The molecule has 9 nitrogen and oxygen atoms in total. The first-order chi connectivity index (χ1) is 22.4. The number of nitrogens with zero attached hydrogens (tertiary/aromatic N) is 1. The molecule has 0 aliphatic carbocycles. The lowest BCUT2D eigenvalue weighted by Crippen LogP contribution is -2.46. The van der Waals surface area contributed by atoms with Gasteiger partial charge in [0.1, 0.15) is 11.4 Å². The van der Waals surface area contributed by atoms with Gasteiger partial charge in [-0.3, -0.25) is 10.1 Å². The van der Waals surface area contributed by atoms with Crippen LogP contribution in [0.15, 0.2) is 72.8 Å². The molecule has 0 spiro atoms. The Kier molecular flexibility index (Phi) is 13.9. The number of hydrogen-bond acceptors (Lipinski definition) is 7. The molecular weight excluding hydrogens is 580 g/mol. The van der Waals surface area contributed by atoms with Crippen LogP contribution in [0.25, 0.3) is 11.1 Å². The van der Waals surface area contributed by atoms with Gasteiger partial charge in [-0.25, -0.2) is 4.79 Å². The van der Waals surface area contributed by atoms with Crippen LogP contribution in [0.1, 0.15) is 76.4 Å². The van der Waals surface area contributed by atoms with Crippen LogP contribution in [0.4, 0.5) is 16.2 Å². The summed E-state index contributed by atoms with van der Waals surface area (Å²) in [4.78, 5) is 26.0. The number of carbonyl (C=O) groups is 2. The number of aromatic hydroxyl groups is 1. The van der Waals surface area contributed by atoms with Crippen molar-refractivity contribution >= 4 is 23.9 Å². The van der Waals surface area contributed by atoms with Crippen molar-refractivity contribution in [2.24, 2.45) is 0 Å². The molecule has 3 aromatic carbocycles. The summed E-state index contributed by atoms with van der Waals surface area (Å²) in [5.41, 5.74) is 3.26. The maximum atomic E-state index is 12.9. The Bertz CT molecular complexity index is 1360. The minimum Gasteiger partial charge on any atom is -0.506 e. The molecule has 2 amide bonds. The van der Waals surface area contributed by atoms with E-state index in [1.165, 1.54) is 38.2 Å². The monoisotopic (exact) mass is 630 g/mol. The van der Waals surface area contributed by atoms with Crippen LogP contribution in [0, 0.1) is 0 Å². The van der Waals surface area contributed by atoms with E-state index in [4.69, 9.17) is 4.74 Å². The van der Waals surface area contributed by atoms with Crippen LogP contribution in [0.2, 0.25) is 0 Å². The molecule has 46 heavy (non-hydrogen) atoms. The summed E-state index contributed by atoms with van der Waals surface area (Å²) in [6.45, 7) is 6.28. The van der Waals surface area contributed by atoms with E-state index < -0.39 is 17.8 Å². The number of nitrogens with one attached hydrogen (secondary N) is 3. The number of unbranched alkanes of at least 4 members (excludes halogenated alkanes) is 6. The predicted octanol–water partition coefficient (Wildman–Crippen LogP) is 7.08. The van der Waals surface area contributed by atoms with E-state index in [1.54, 1.807) is 12.1 Å². The summed E-state index contributed by atoms with van der Waals surface area (Å²) in [5.74, 6) is -0.0270. The lowest BCUT2D eigenvalue weighted by Gasteiger charge is -2.38. The molecule has 1 atom stereocenters. The van der Waals surface area contributed by atoms with E-state index >= 15 is 0 Å². The van der Waals surface area contributed by atoms with Crippen LogP contribution in [-0.2, 0) is 9.53 Å². The second-order valence-electron chi connectivity index (χ2n) is 12.5. The Labute approximate surface area is 273 Å². The summed E-state index contributed by atoms with van der Waals surface area (Å²) in [7, 11) is 0. The predicted molar refractivity (Wildman–Crippen MR) is 184 cm³/mol. The van der Waals surface area contributed by atoms with Crippen LogP contribution in [0.3, 0.4) is 0 Å². The number of ether oxygens (including phenoxy) is 1. The molecule has 0 unspecified atom stereocenters. The zero-order valence-corrected chi connectivity index (χ0v) is 27.0. The van der Waals surface area contributed by atoms with Crippen LogP contribution in [-0.4, -0.2) is 65.9 Å². The molecule has 0 bridgehead atoms. The standard InChI is InChI=1S/C37H50N4O5/c1-37(46-36(45)40-32-17-11-10-16-31(32)29-14-8-7-9-15-29)20-24-41(25-21-37)23-13-6-4-2-3-5-12-22-38-27-35(44)30-18-19-34(43)33(26-30)39-28-42/h7-11,14-19,26,28,35,38,43-44H,2-6,12-13,20-25,27H2,1H3,(H,39,42)(H,40,45)/t35-/m1/s1. The molecule has 1 saturated heterocycles. The topological polar surface area (TPSA) is 123 Å². The van der Waals surface area contributed by atoms with Crippen molar-refractivity contribution in [1.29, 1.82) is 0 Å². The van der Waals surface area contributed by atoms with Gasteiger partial charge in [-0.15, -0.1) is 0 Å². The number of anilines is 2. The molecule has 0 aromatic heterocycles. The molecule has 1 heterocycles. The maximum Gasteiger partial charge on any atom is 0.412 e. The molecule has 3 aromatic rings. The quantitative estimate of drug-likeness (QED) is 0.0578. The van der Waals surface area contributed by atoms with Crippen molar-refractivity contribution in [3.8, 4) is 16.9 Å². The number of likely N-dealkylation sites (tertiary alicyclic amines) is 1. The Morgan fingerprint density at radius 2 is 1.59 bits per heavy atom. The zero-order chi connectivity index (χ0) is 32.6. The molecule has 1 aliphatic rings. The van der Waals surface area contributed by atoms with E-state index in [0.29, 0.717) is 24.2 Å². The van der Waals surface area contributed by atoms with Crippen molar-refractivity contribution < 1.29 is 24.5 Å². The van der Waals surface area contributed by atoms with Gasteiger partial charge in [-0.1, -0.05) is 86.7 Å². The van der Waals surface area contributed by atoms with Gasteiger partial charge in [0, 0.05) is 25.2 Å². The van der Waals surface area contributed by atoms with E-state index in [1.807, 2.05) is 61.5 Å². The SMILES string of the molecule is CC1(OC(=O)Nc2ccccc2-c2ccccc2)CCN(CCCCCCCCCNC[C@@H](O)c2ccc(O)c(NC=O)c2)CC1. The van der Waals surface area contributed by atoms with Gasteiger partial charge in [-0.2, -0.15) is 0 Å². The minimum atomic E-state index is -0.707. The third-order valence-electron chi connectivity index (χ3n) is 8.79. The van der Waals surface area contributed by atoms with Gasteiger partial charge in [0.15, 0.2) is 0 Å². The van der Waals surface area contributed by atoms with E-state index in [2.05, 4.69) is 20.9 Å². The number of hydrogen-bond donors (Lipinski definition) is 5. The number of aliphatic hydroxyl groups excluding tert-OH is 1. The van der Waals surface area contributed by atoms with Gasteiger partial charge >= 0.3 is 6.09 Å². The zero-order valence-electron chi connectivity index (χ0n) is 27.0. The van der Waals surface area contributed by atoms with Crippen molar-refractivity contribution in [3.63, 3.8) is 0 Å². The Morgan fingerprint density at radius 1 is 0.913 bits per heavy atom. The molecule has 248 valence electrons. The van der Waals surface area contributed by atoms with Crippen LogP contribution >= 0.6 is 0 Å². The molecule has 0 radical (unpaired) electrons. The molecule has 5 N–H and O–H groups in total. The molecule has 1 fully saturated rings. The minimum absolute atomic E-state index is 0.0270. The number of benzene rings is 3. The Balaban J connectivity index is 1.01. The third kappa shape index (κ3) is 11.2. The number of piperidine rings is 1. The second kappa shape index (κ2) is 18.3. The summed E-state index contributed by atoms with van der Waals surface area (Å²) >= 11 is 0. The summed E-state index contributed by atoms with van der Waals surface area (Å²) < 4.78 is 5.96. The largest absolute Gasteiger partial charge is 0.506 e. The van der Waals surface area contributed by atoms with Crippen molar-refractivity contribution in [3.05, 3.63) is 78.4 Å². The average molecular weight is 631 g/mol. The highest BCUT2D eigenvalue weighted by Gasteiger charge is 2.33. The Morgan fingerprint density at radius 3 is 2.33 bits per heavy atom. The first-order valence-corrected chi connectivity index (χ1v) is 16.7. The number of para-hydroxylation sites is 1. The normalized spacial score (nSPS) is 15.2. The van der Waals surface area contributed by atoms with Crippen molar-refractivity contribution in [1.82, 2.24) is 10.2 Å². The van der Waals surface area contributed by atoms with Crippen LogP contribution in [0.5, 0.6) is 5.75 Å². The van der Waals surface area contributed by atoms with E-state index in [0.717, 1.165) is 68.7 Å². The lowest BCUT2D eigenvalue weighted by atomic mass is 9.93. The third-order valence-corrected chi connectivity index (χ3v) is 8.79. The highest BCUT2D eigenvalue weighted by atomic mass is 16.6. The molecule has 4 rings (SSSR count). The fourth-order valence-electron chi connectivity index (χ4n) is 5.94. The smallest absolute Gasteiger partial charge is 0.412 e. The van der Waals surface area contributed by atoms with E-state index in [-0.39, 0.29) is 5.75 Å². The number of rotatable bonds is 18. The summed E-state index contributed by atoms with van der Waals surface area (Å²) in [6.07, 6.45) is 9.38. The highest BCUT2D eigenvalue weighted by Crippen LogP contribution is 2.30. The van der Waals surface area contributed by atoms with Gasteiger partial charge < -0.3 is 30.5 Å². The maximum absolute atomic E-state index is 12.9. The fraction of sp³-hybridized carbons (Fsp3) is 0.459. The molecule has 0 saturated carbocycles. The Hall–Kier alpha value is -3.92. The first kappa shape index (κ1) is 34.9. The molecule has 9 heteroatoms. The summed E-state index contributed by atoms with van der Waals surface area (Å²) in [5, 5.41) is 28.8. The van der Waals surface area contributed by atoms with Gasteiger partial charge in [0.05, 0.1) is 17.5 Å². The van der Waals surface area contributed by atoms with Crippen molar-refractivity contribution in [2.75, 3.05) is 43.4 Å². The van der Waals surface area contributed by atoms with Crippen LogP contribution < -0.4 is 16.0 Å². The highest BCUT2D eigenvalue weighted by molar-refractivity contribution is 5.91. The van der Waals surface area contributed by atoms with Gasteiger partial charge in [0.25, 0.3) is 0 Å². The van der Waals surface area contributed by atoms with Gasteiger partial charge in [0.2, 0.25) is 6.41 Å². The molecular formula is C37H50N4O5. The fourth-order valence-corrected chi connectivity index (χ4v) is 5.94. The number of aliphatic hydroxyl groups is 1. The second-order valence-corrected chi connectivity index (χ2v) is 12.5.